The molecule has 0 radical (unpaired) electrons. The maximum atomic E-state index is 5.36. The Labute approximate surface area is 199 Å². The normalized spacial score (nSPS) is 10.7. The van der Waals surface area contributed by atoms with E-state index < -0.39 is 7.26 Å². The summed E-state index contributed by atoms with van der Waals surface area (Å²) in [5.74, 6) is 1.75. The molecular weight excluding hydrogens is 579 g/mol. The third-order valence-electron chi connectivity index (χ3n) is 4.68. The van der Waals surface area contributed by atoms with Crippen molar-refractivity contribution in [3.8, 4) is 11.5 Å². The largest absolute Gasteiger partial charge is 0.497 e. The van der Waals surface area contributed by atoms with Crippen molar-refractivity contribution in [1.82, 2.24) is 0 Å². The van der Waals surface area contributed by atoms with Crippen molar-refractivity contribution >= 4 is 71.0 Å². The van der Waals surface area contributed by atoms with Crippen LogP contribution in [0.4, 0.5) is 0 Å². The fourth-order valence-corrected chi connectivity index (χ4v) is 9.02. The highest BCUT2D eigenvalue weighted by Crippen LogP contribution is 2.56. The number of methoxy groups -OCH3 is 2. The molecule has 0 aliphatic heterocycles. The predicted octanol–water partition coefficient (Wildman–Crippen LogP) is 6.39. The maximum Gasteiger partial charge on any atom is 0.127 e. The quantitative estimate of drug-likeness (QED) is 0.240. The van der Waals surface area contributed by atoms with E-state index in [1.165, 1.54) is 21.5 Å². The van der Waals surface area contributed by atoms with Crippen LogP contribution in [0.2, 0.25) is 0 Å². The fraction of sp³-hybridized carbons (Fsp3) is 0.217. The summed E-state index contributed by atoms with van der Waals surface area (Å²) in [6, 6.07) is 25.9. The number of hydrogen-bond acceptors (Lipinski definition) is 2. The molecule has 3 rings (SSSR count). The molecule has 0 spiro atoms. The molecule has 0 aliphatic carbocycles. The summed E-state index contributed by atoms with van der Waals surface area (Å²) in [7, 11) is 1.59. The molecule has 0 heterocycles. The molecule has 6 heteroatoms. The molecule has 0 aromatic heterocycles. The number of hydrogen-bond donors (Lipinski definition) is 0. The van der Waals surface area contributed by atoms with E-state index in [1.54, 1.807) is 14.2 Å². The lowest BCUT2D eigenvalue weighted by Gasteiger charge is -2.26. The Bertz CT molecular complexity index is 819. The molecule has 0 fully saturated rings. The predicted molar refractivity (Wildman–Crippen MR) is 140 cm³/mol. The van der Waals surface area contributed by atoms with Crippen LogP contribution in [0.25, 0.3) is 0 Å². The van der Waals surface area contributed by atoms with Crippen molar-refractivity contribution in [3.63, 3.8) is 0 Å². The van der Waals surface area contributed by atoms with Gasteiger partial charge in [0.1, 0.15) is 39.7 Å². The number of ether oxygens (including phenoxy) is 2. The van der Waals surface area contributed by atoms with E-state index in [0.29, 0.717) is 0 Å². The van der Waals surface area contributed by atoms with Crippen molar-refractivity contribution in [1.29, 1.82) is 0 Å². The van der Waals surface area contributed by atoms with Gasteiger partial charge in [-0.2, -0.15) is 0 Å². The molecule has 0 amide bonds. The third kappa shape index (κ3) is 5.85. The first-order valence-electron chi connectivity index (χ1n) is 8.98. The van der Waals surface area contributed by atoms with Crippen LogP contribution in [-0.2, 0) is 0 Å². The van der Waals surface area contributed by atoms with Gasteiger partial charge in [-0.3, -0.25) is 0 Å². The van der Waals surface area contributed by atoms with Gasteiger partial charge in [0.2, 0.25) is 0 Å². The van der Waals surface area contributed by atoms with Crippen molar-refractivity contribution in [2.45, 2.75) is 6.92 Å². The molecule has 0 saturated carbocycles. The Hall–Kier alpha value is -0.870. The van der Waals surface area contributed by atoms with Crippen LogP contribution < -0.4 is 25.4 Å². The number of benzene rings is 3. The summed E-state index contributed by atoms with van der Waals surface area (Å²) >= 11 is 9.98. The average Bonchev–Trinajstić information content (AvgIpc) is 2.77. The van der Waals surface area contributed by atoms with Gasteiger partial charge in [-0.05, 0) is 83.5 Å². The molecule has 0 atom stereocenters. The zero-order chi connectivity index (χ0) is 21.3. The average molecular weight is 604 g/mol. The molecule has 3 aromatic carbocycles. The molecular formula is C23H25Br3O2P+. The van der Waals surface area contributed by atoms with Gasteiger partial charge in [-0.15, -0.1) is 0 Å². The number of alkyl halides is 3. The molecule has 0 unspecified atom stereocenters. The van der Waals surface area contributed by atoms with Gasteiger partial charge in [0.05, 0.1) is 18.5 Å². The summed E-state index contributed by atoms with van der Waals surface area (Å²) in [4.78, 5) is 0. The van der Waals surface area contributed by atoms with Crippen molar-refractivity contribution in [2.75, 3.05) is 23.5 Å². The first kappa shape index (κ1) is 24.4. The molecule has 0 saturated heterocycles. The summed E-state index contributed by atoms with van der Waals surface area (Å²) < 4.78 is 11.6. The molecule has 0 aliphatic rings. The van der Waals surface area contributed by atoms with Crippen LogP contribution in [-0.4, -0.2) is 23.5 Å². The van der Waals surface area contributed by atoms with Crippen molar-refractivity contribution in [3.05, 3.63) is 78.4 Å². The summed E-state index contributed by atoms with van der Waals surface area (Å²) in [6.07, 6.45) is 0. The van der Waals surface area contributed by atoms with Crippen LogP contribution in [0.15, 0.2) is 72.8 Å². The number of aryl methyl sites for hydroxylation is 1. The van der Waals surface area contributed by atoms with Crippen LogP contribution in [0.3, 0.4) is 0 Å². The minimum Gasteiger partial charge on any atom is -0.497 e. The highest BCUT2D eigenvalue weighted by atomic mass is 79.9. The van der Waals surface area contributed by atoms with E-state index >= 15 is 0 Å². The van der Waals surface area contributed by atoms with Gasteiger partial charge in [-0.1, -0.05) is 49.6 Å². The van der Waals surface area contributed by atoms with Crippen molar-refractivity contribution in [2.24, 2.45) is 0 Å². The zero-order valence-electron chi connectivity index (χ0n) is 16.7. The van der Waals surface area contributed by atoms with Gasteiger partial charge in [0.25, 0.3) is 0 Å². The summed E-state index contributed by atoms with van der Waals surface area (Å²) in [5, 5.41) is 4.88. The Kier molecular flexibility index (Phi) is 10.2. The first-order valence-corrected chi connectivity index (χ1v) is 14.3. The lowest BCUT2D eigenvalue weighted by atomic mass is 10.2. The van der Waals surface area contributed by atoms with Crippen LogP contribution >= 0.6 is 55.1 Å². The van der Waals surface area contributed by atoms with E-state index in [1.807, 2.05) is 24.3 Å². The number of halogens is 3. The van der Waals surface area contributed by atoms with Gasteiger partial charge < -0.3 is 9.47 Å². The maximum absolute atomic E-state index is 5.36. The van der Waals surface area contributed by atoms with Gasteiger partial charge in [-0.25, -0.2) is 0 Å². The Morgan fingerprint density at radius 2 is 0.931 bits per heavy atom. The van der Waals surface area contributed by atoms with Gasteiger partial charge in [0.15, 0.2) is 0 Å². The van der Waals surface area contributed by atoms with Crippen molar-refractivity contribution < 1.29 is 9.47 Å². The van der Waals surface area contributed by atoms with Crippen LogP contribution in [0, 0.1) is 6.92 Å². The first-order chi connectivity index (χ1) is 14.0. The molecule has 3 aromatic rings. The van der Waals surface area contributed by atoms with E-state index in [9.17, 15) is 0 Å². The molecule has 0 bridgehead atoms. The van der Waals surface area contributed by atoms with Gasteiger partial charge >= 0.3 is 0 Å². The lowest BCUT2D eigenvalue weighted by molar-refractivity contribution is 0.415. The summed E-state index contributed by atoms with van der Waals surface area (Å²) in [5.41, 5.74) is 1.27. The second-order valence-corrected chi connectivity index (χ2v) is 13.8. The molecule has 29 heavy (non-hydrogen) atoms. The third-order valence-corrected chi connectivity index (χ3v) is 10.8. The zero-order valence-corrected chi connectivity index (χ0v) is 22.4. The molecule has 2 nitrogen and oxygen atoms in total. The topological polar surface area (TPSA) is 18.5 Å². The lowest BCUT2D eigenvalue weighted by Crippen LogP contribution is -2.32. The highest BCUT2D eigenvalue weighted by Gasteiger charge is 2.44. The molecule has 154 valence electrons. The SMILES string of the molecule is BrCBr.COc1ccc([P+](CBr)(c2ccc(C)cc2)c2ccc(OC)cc2)cc1. The Balaban J connectivity index is 0.000000941. The number of rotatable bonds is 6. The fourth-order valence-electron chi connectivity index (χ4n) is 3.13. The summed E-state index contributed by atoms with van der Waals surface area (Å²) in [6.45, 7) is 2.12. The van der Waals surface area contributed by atoms with Gasteiger partial charge in [0, 0.05) is 0 Å². The van der Waals surface area contributed by atoms with E-state index in [0.717, 1.165) is 20.8 Å². The highest BCUT2D eigenvalue weighted by molar-refractivity contribution is 9.24. The van der Waals surface area contributed by atoms with Crippen LogP contribution in [0.1, 0.15) is 5.56 Å². The Morgan fingerprint density at radius 3 is 1.21 bits per heavy atom. The van der Waals surface area contributed by atoms with Crippen LogP contribution in [0.5, 0.6) is 11.5 Å². The van der Waals surface area contributed by atoms with E-state index in [-0.39, 0.29) is 0 Å². The smallest absolute Gasteiger partial charge is 0.127 e. The minimum atomic E-state index is -1.81. The van der Waals surface area contributed by atoms with E-state index in [4.69, 9.17) is 9.47 Å². The molecule has 0 N–H and O–H groups in total. The second kappa shape index (κ2) is 12.1. The second-order valence-electron chi connectivity index (χ2n) is 6.26. The monoisotopic (exact) mass is 601 g/mol. The van der Waals surface area contributed by atoms with E-state index in [2.05, 4.69) is 103 Å². The standard InChI is InChI=1S/C22H23BrO2P.CH2Br2/c1-17-4-10-20(11-5-17)26(16-23,21-12-6-18(24-2)7-13-21)22-14-8-19(25-3)9-15-22;2-1-3/h4-15H,16H2,1-3H3;1H2/q+1;. The minimum absolute atomic E-state index is 0.875. The Morgan fingerprint density at radius 1 is 0.621 bits per heavy atom.